The molecule has 0 N–H and O–H groups in total. The highest BCUT2D eigenvalue weighted by Gasteiger charge is 2.32. The lowest BCUT2D eigenvalue weighted by molar-refractivity contribution is -0.141. The average Bonchev–Trinajstić information content (AvgIpc) is 3.01. The van der Waals surface area contributed by atoms with E-state index in [0.29, 0.717) is 13.1 Å². The number of alkyl halides is 3. The third-order valence-electron chi connectivity index (χ3n) is 4.70. The molecule has 0 bridgehead atoms. The number of amides is 1. The van der Waals surface area contributed by atoms with Gasteiger partial charge in [0.25, 0.3) is 5.91 Å². The molecular formula is C19H17F3N2O3S. The Morgan fingerprint density at radius 1 is 1.14 bits per heavy atom. The summed E-state index contributed by atoms with van der Waals surface area (Å²) in [7, 11) is 0. The predicted octanol–water partition coefficient (Wildman–Crippen LogP) is 4.15. The SMILES string of the molecule is O=C(c1ccc(C(F)(F)F)nc1)N1CCSC(c2ccc3c(c2)OCO3)CC1. The van der Waals surface area contributed by atoms with E-state index < -0.39 is 11.9 Å². The van der Waals surface area contributed by atoms with Crippen LogP contribution in [0.15, 0.2) is 36.5 Å². The van der Waals surface area contributed by atoms with Crippen LogP contribution in [0.3, 0.4) is 0 Å². The van der Waals surface area contributed by atoms with E-state index in [9.17, 15) is 18.0 Å². The average molecular weight is 410 g/mol. The van der Waals surface area contributed by atoms with Crippen molar-refractivity contribution in [2.75, 3.05) is 25.6 Å². The number of carbonyl (C=O) groups is 1. The van der Waals surface area contributed by atoms with Crippen LogP contribution in [0.4, 0.5) is 13.2 Å². The van der Waals surface area contributed by atoms with Crippen molar-refractivity contribution in [1.82, 2.24) is 9.88 Å². The molecule has 1 unspecified atom stereocenters. The highest BCUT2D eigenvalue weighted by Crippen LogP contribution is 2.40. The van der Waals surface area contributed by atoms with Gasteiger partial charge < -0.3 is 14.4 Å². The molecule has 9 heteroatoms. The Balaban J connectivity index is 1.43. The Bertz CT molecular complexity index is 874. The number of thioether (sulfide) groups is 1. The molecular weight excluding hydrogens is 393 g/mol. The van der Waals surface area contributed by atoms with Crippen LogP contribution in [0.25, 0.3) is 0 Å². The molecule has 0 aliphatic carbocycles. The number of fused-ring (bicyclic) bond motifs is 1. The first-order chi connectivity index (χ1) is 13.4. The minimum atomic E-state index is -4.52. The zero-order chi connectivity index (χ0) is 19.7. The number of ether oxygens (including phenoxy) is 2. The molecule has 0 spiro atoms. The molecule has 1 atom stereocenters. The minimum Gasteiger partial charge on any atom is -0.454 e. The highest BCUT2D eigenvalue weighted by molar-refractivity contribution is 7.99. The summed E-state index contributed by atoms with van der Waals surface area (Å²) in [6.45, 7) is 1.28. The molecule has 0 saturated carbocycles. The van der Waals surface area contributed by atoms with E-state index in [2.05, 4.69) is 4.98 Å². The lowest BCUT2D eigenvalue weighted by atomic mass is 10.1. The second-order valence-corrected chi connectivity index (χ2v) is 7.79. The normalized spacial score (nSPS) is 19.4. The molecule has 4 rings (SSSR count). The van der Waals surface area contributed by atoms with Gasteiger partial charge in [0.05, 0.1) is 5.56 Å². The monoisotopic (exact) mass is 410 g/mol. The van der Waals surface area contributed by atoms with Crippen LogP contribution >= 0.6 is 11.8 Å². The molecule has 3 heterocycles. The Hall–Kier alpha value is -2.42. The summed E-state index contributed by atoms with van der Waals surface area (Å²) in [4.78, 5) is 17.7. The molecule has 0 radical (unpaired) electrons. The highest BCUT2D eigenvalue weighted by atomic mass is 32.2. The Morgan fingerprint density at radius 2 is 1.96 bits per heavy atom. The molecule has 1 aromatic heterocycles. The zero-order valence-corrected chi connectivity index (χ0v) is 15.6. The Labute approximate surface area is 163 Å². The zero-order valence-electron chi connectivity index (χ0n) is 14.7. The number of aromatic nitrogens is 1. The second kappa shape index (κ2) is 7.54. The maximum absolute atomic E-state index is 12.7. The smallest absolute Gasteiger partial charge is 0.433 e. The number of rotatable bonds is 2. The van der Waals surface area contributed by atoms with E-state index in [1.165, 1.54) is 6.07 Å². The van der Waals surface area contributed by atoms with Crippen molar-refractivity contribution in [3.05, 3.63) is 53.3 Å². The van der Waals surface area contributed by atoms with Crippen molar-refractivity contribution < 1.29 is 27.4 Å². The van der Waals surface area contributed by atoms with E-state index in [-0.39, 0.29) is 23.5 Å². The van der Waals surface area contributed by atoms with Gasteiger partial charge in [-0.3, -0.25) is 9.78 Å². The molecule has 2 aliphatic heterocycles. The maximum atomic E-state index is 12.7. The number of pyridine rings is 1. The van der Waals surface area contributed by atoms with Gasteiger partial charge in [-0.2, -0.15) is 24.9 Å². The molecule has 28 heavy (non-hydrogen) atoms. The number of hydrogen-bond donors (Lipinski definition) is 0. The van der Waals surface area contributed by atoms with Crippen LogP contribution in [0.1, 0.15) is 33.3 Å². The van der Waals surface area contributed by atoms with Gasteiger partial charge >= 0.3 is 6.18 Å². The van der Waals surface area contributed by atoms with Gasteiger partial charge in [-0.05, 0) is 36.2 Å². The molecule has 1 saturated heterocycles. The number of carbonyl (C=O) groups excluding carboxylic acids is 1. The van der Waals surface area contributed by atoms with E-state index in [1.54, 1.807) is 16.7 Å². The van der Waals surface area contributed by atoms with Crippen molar-refractivity contribution in [3.8, 4) is 11.5 Å². The first kappa shape index (κ1) is 18.9. The van der Waals surface area contributed by atoms with Gasteiger partial charge in [0.1, 0.15) is 5.69 Å². The number of hydrogen-bond acceptors (Lipinski definition) is 5. The topological polar surface area (TPSA) is 51.7 Å². The summed E-state index contributed by atoms with van der Waals surface area (Å²) in [5.41, 5.74) is 0.276. The Kier molecular flexibility index (Phi) is 5.09. The molecule has 1 amide bonds. The number of nitrogens with zero attached hydrogens (tertiary/aromatic N) is 2. The van der Waals surface area contributed by atoms with E-state index in [0.717, 1.165) is 41.5 Å². The molecule has 5 nitrogen and oxygen atoms in total. The van der Waals surface area contributed by atoms with Crippen molar-refractivity contribution in [2.45, 2.75) is 17.8 Å². The second-order valence-electron chi connectivity index (χ2n) is 6.48. The van der Waals surface area contributed by atoms with E-state index >= 15 is 0 Å². The summed E-state index contributed by atoms with van der Waals surface area (Å²) >= 11 is 1.75. The Morgan fingerprint density at radius 3 is 2.71 bits per heavy atom. The minimum absolute atomic E-state index is 0.166. The number of benzene rings is 1. The van der Waals surface area contributed by atoms with Gasteiger partial charge in [0.2, 0.25) is 6.79 Å². The van der Waals surface area contributed by atoms with Gasteiger partial charge in [0, 0.05) is 30.3 Å². The van der Waals surface area contributed by atoms with Crippen LogP contribution < -0.4 is 9.47 Å². The summed E-state index contributed by atoms with van der Waals surface area (Å²) < 4.78 is 48.7. The van der Waals surface area contributed by atoms with Gasteiger partial charge in [-0.25, -0.2) is 0 Å². The summed E-state index contributed by atoms with van der Waals surface area (Å²) in [6.07, 6.45) is -2.78. The van der Waals surface area contributed by atoms with Crippen LogP contribution in [0, 0.1) is 0 Å². The van der Waals surface area contributed by atoms with Crippen molar-refractivity contribution in [1.29, 1.82) is 0 Å². The first-order valence-electron chi connectivity index (χ1n) is 8.75. The van der Waals surface area contributed by atoms with Gasteiger partial charge in [-0.15, -0.1) is 0 Å². The maximum Gasteiger partial charge on any atom is 0.433 e. The lowest BCUT2D eigenvalue weighted by Crippen LogP contribution is -2.33. The van der Waals surface area contributed by atoms with Crippen LogP contribution in [-0.4, -0.2) is 41.4 Å². The summed E-state index contributed by atoms with van der Waals surface area (Å²) in [5, 5.41) is 0.207. The third kappa shape index (κ3) is 3.89. The fraction of sp³-hybridized carbons (Fsp3) is 0.368. The van der Waals surface area contributed by atoms with Crippen molar-refractivity contribution in [3.63, 3.8) is 0 Å². The quantitative estimate of drug-likeness (QED) is 0.745. The summed E-state index contributed by atoms with van der Waals surface area (Å²) in [6, 6.07) is 7.89. The van der Waals surface area contributed by atoms with Crippen LogP contribution in [0.2, 0.25) is 0 Å². The standard InChI is InChI=1S/C19H17F3N2O3S/c20-19(21,22)17-4-2-13(10-23-17)18(25)24-6-5-16(28-8-7-24)12-1-3-14-15(9-12)27-11-26-14/h1-4,9-10,16H,5-8,11H2. The van der Waals surface area contributed by atoms with Gasteiger partial charge in [0.15, 0.2) is 11.5 Å². The van der Waals surface area contributed by atoms with Crippen LogP contribution in [-0.2, 0) is 6.18 Å². The van der Waals surface area contributed by atoms with Crippen molar-refractivity contribution >= 4 is 17.7 Å². The molecule has 148 valence electrons. The van der Waals surface area contributed by atoms with Gasteiger partial charge in [-0.1, -0.05) is 6.07 Å². The fourth-order valence-corrected chi connectivity index (χ4v) is 4.44. The molecule has 1 aromatic carbocycles. The largest absolute Gasteiger partial charge is 0.454 e. The fourth-order valence-electron chi connectivity index (χ4n) is 3.22. The van der Waals surface area contributed by atoms with E-state index in [4.69, 9.17) is 9.47 Å². The van der Waals surface area contributed by atoms with Crippen LogP contribution in [0.5, 0.6) is 11.5 Å². The van der Waals surface area contributed by atoms with E-state index in [1.807, 2.05) is 18.2 Å². The summed E-state index contributed by atoms with van der Waals surface area (Å²) in [5.74, 6) is 1.90. The molecule has 2 aromatic rings. The predicted molar refractivity (Wildman–Crippen MR) is 97.5 cm³/mol. The first-order valence-corrected chi connectivity index (χ1v) is 9.80. The molecule has 1 fully saturated rings. The third-order valence-corrected chi connectivity index (χ3v) is 6.03. The van der Waals surface area contributed by atoms with Crippen molar-refractivity contribution in [2.24, 2.45) is 0 Å². The number of halogens is 3. The lowest BCUT2D eigenvalue weighted by Gasteiger charge is -2.20. The molecule has 2 aliphatic rings.